The lowest BCUT2D eigenvalue weighted by Crippen LogP contribution is -2.44. The van der Waals surface area contributed by atoms with E-state index in [4.69, 9.17) is 0 Å². The van der Waals surface area contributed by atoms with Crippen LogP contribution in [0.2, 0.25) is 0 Å². The first-order valence-corrected chi connectivity index (χ1v) is 9.34. The van der Waals surface area contributed by atoms with Gasteiger partial charge < -0.3 is 15.1 Å². The average molecular weight is 364 g/mol. The Bertz CT molecular complexity index is 814. The highest BCUT2D eigenvalue weighted by atomic mass is 16.2. The number of hydrogen-bond donors (Lipinski definition) is 1. The van der Waals surface area contributed by atoms with E-state index in [-0.39, 0.29) is 18.2 Å². The zero-order chi connectivity index (χ0) is 18.8. The Morgan fingerprint density at radius 1 is 0.852 bits per heavy atom. The quantitative estimate of drug-likeness (QED) is 0.843. The summed E-state index contributed by atoms with van der Waals surface area (Å²) in [5, 5.41) is 3.22. The highest BCUT2D eigenvalue weighted by Gasteiger charge is 2.39. The number of carbonyl (C=O) groups excluding carboxylic acids is 2. The topological polar surface area (TPSA) is 55.9 Å². The summed E-state index contributed by atoms with van der Waals surface area (Å²) in [6, 6.07) is 16.7. The SMILES string of the molecule is CN1CCN(c2ccc(NC3CC(=O)N(c4ccccc4)C3=O)cc2)CC1. The fourth-order valence-electron chi connectivity index (χ4n) is 3.63. The first kappa shape index (κ1) is 17.5. The van der Waals surface area contributed by atoms with Crippen LogP contribution in [0.3, 0.4) is 0 Å². The summed E-state index contributed by atoms with van der Waals surface area (Å²) < 4.78 is 0. The molecule has 6 heteroatoms. The molecular formula is C21H24N4O2. The third-order valence-corrected chi connectivity index (χ3v) is 5.24. The number of hydrogen-bond acceptors (Lipinski definition) is 5. The number of benzene rings is 2. The molecule has 0 bridgehead atoms. The molecule has 1 unspecified atom stereocenters. The molecule has 0 aliphatic carbocycles. The van der Waals surface area contributed by atoms with Crippen LogP contribution in [0, 0.1) is 0 Å². The van der Waals surface area contributed by atoms with E-state index in [1.807, 2.05) is 30.3 Å². The van der Waals surface area contributed by atoms with Crippen LogP contribution in [0.5, 0.6) is 0 Å². The van der Waals surface area contributed by atoms with Crippen molar-refractivity contribution >= 4 is 28.9 Å². The minimum absolute atomic E-state index is 0.169. The third-order valence-electron chi connectivity index (χ3n) is 5.24. The van der Waals surface area contributed by atoms with Crippen LogP contribution in [0.15, 0.2) is 54.6 Å². The molecule has 2 aromatic carbocycles. The molecule has 4 rings (SSSR count). The second-order valence-corrected chi connectivity index (χ2v) is 7.14. The normalized spacial score (nSPS) is 21.0. The van der Waals surface area contributed by atoms with E-state index in [1.54, 1.807) is 12.1 Å². The number of nitrogens with one attached hydrogen (secondary N) is 1. The van der Waals surface area contributed by atoms with Gasteiger partial charge in [0.2, 0.25) is 5.91 Å². The molecule has 0 radical (unpaired) electrons. The maximum atomic E-state index is 12.7. The zero-order valence-corrected chi connectivity index (χ0v) is 15.5. The van der Waals surface area contributed by atoms with E-state index in [9.17, 15) is 9.59 Å². The number of amides is 2. The predicted octanol–water partition coefficient (Wildman–Crippen LogP) is 2.18. The number of para-hydroxylation sites is 1. The molecule has 2 aliphatic rings. The molecule has 2 aliphatic heterocycles. The largest absolute Gasteiger partial charge is 0.373 e. The fraction of sp³-hybridized carbons (Fsp3) is 0.333. The van der Waals surface area contributed by atoms with Gasteiger partial charge in [0.05, 0.1) is 12.1 Å². The van der Waals surface area contributed by atoms with Gasteiger partial charge in [-0.25, -0.2) is 4.90 Å². The van der Waals surface area contributed by atoms with Crippen LogP contribution in [-0.2, 0) is 9.59 Å². The van der Waals surface area contributed by atoms with Crippen molar-refractivity contribution in [3.05, 3.63) is 54.6 Å². The van der Waals surface area contributed by atoms with Crippen LogP contribution in [-0.4, -0.2) is 56.0 Å². The van der Waals surface area contributed by atoms with Crippen LogP contribution >= 0.6 is 0 Å². The lowest BCUT2D eigenvalue weighted by molar-refractivity contribution is -0.121. The number of piperazine rings is 1. The summed E-state index contributed by atoms with van der Waals surface area (Å²) in [5.41, 5.74) is 2.67. The van der Waals surface area contributed by atoms with Crippen molar-refractivity contribution in [1.82, 2.24) is 4.90 Å². The van der Waals surface area contributed by atoms with Gasteiger partial charge in [0, 0.05) is 37.6 Å². The summed E-state index contributed by atoms with van der Waals surface area (Å²) in [4.78, 5) is 31.0. The van der Waals surface area contributed by atoms with Gasteiger partial charge >= 0.3 is 0 Å². The standard InChI is InChI=1S/C21H24N4O2/c1-23-11-13-24(14-12-23)17-9-7-16(8-10-17)22-19-15-20(26)25(21(19)27)18-5-3-2-4-6-18/h2-10,19,22H,11-15H2,1H3. The van der Waals surface area contributed by atoms with Gasteiger partial charge in [0.25, 0.3) is 5.91 Å². The summed E-state index contributed by atoms with van der Waals surface area (Å²) in [6.07, 6.45) is 0.175. The van der Waals surface area contributed by atoms with E-state index < -0.39 is 6.04 Å². The van der Waals surface area contributed by atoms with Crippen molar-refractivity contribution in [3.63, 3.8) is 0 Å². The van der Waals surface area contributed by atoms with Crippen molar-refractivity contribution in [2.24, 2.45) is 0 Å². The predicted molar refractivity (Wildman–Crippen MR) is 107 cm³/mol. The second-order valence-electron chi connectivity index (χ2n) is 7.14. The third kappa shape index (κ3) is 3.66. The van der Waals surface area contributed by atoms with E-state index in [1.165, 1.54) is 10.6 Å². The lowest BCUT2D eigenvalue weighted by Gasteiger charge is -2.34. The molecule has 2 amide bonds. The molecule has 1 N–H and O–H groups in total. The summed E-state index contributed by atoms with van der Waals surface area (Å²) in [6.45, 7) is 4.16. The minimum atomic E-state index is -0.521. The Morgan fingerprint density at radius 2 is 1.52 bits per heavy atom. The van der Waals surface area contributed by atoms with Crippen LogP contribution in [0.25, 0.3) is 0 Å². The Kier molecular flexibility index (Phi) is 4.81. The molecular weight excluding hydrogens is 340 g/mol. The smallest absolute Gasteiger partial charge is 0.256 e. The first-order chi connectivity index (χ1) is 13.1. The van der Waals surface area contributed by atoms with Gasteiger partial charge in [-0.05, 0) is 43.4 Å². The number of imide groups is 1. The van der Waals surface area contributed by atoms with Crippen LogP contribution < -0.4 is 15.1 Å². The molecule has 2 saturated heterocycles. The number of nitrogens with zero attached hydrogens (tertiary/aromatic N) is 3. The Hall–Kier alpha value is -2.86. The van der Waals surface area contributed by atoms with E-state index in [0.29, 0.717) is 5.69 Å². The van der Waals surface area contributed by atoms with Crippen molar-refractivity contribution in [2.75, 3.05) is 48.3 Å². The highest BCUT2D eigenvalue weighted by molar-refractivity contribution is 6.23. The van der Waals surface area contributed by atoms with Gasteiger partial charge in [-0.15, -0.1) is 0 Å². The summed E-state index contributed by atoms with van der Waals surface area (Å²) in [5.74, 6) is -0.368. The van der Waals surface area contributed by atoms with Gasteiger partial charge in [0.15, 0.2) is 0 Å². The van der Waals surface area contributed by atoms with E-state index in [0.717, 1.165) is 31.9 Å². The monoisotopic (exact) mass is 364 g/mol. The first-order valence-electron chi connectivity index (χ1n) is 9.34. The molecule has 2 fully saturated rings. The number of anilines is 3. The molecule has 0 aromatic heterocycles. The molecule has 2 aromatic rings. The molecule has 2 heterocycles. The molecule has 0 saturated carbocycles. The Morgan fingerprint density at radius 3 is 2.19 bits per heavy atom. The Balaban J connectivity index is 1.42. The Labute approximate surface area is 159 Å². The minimum Gasteiger partial charge on any atom is -0.373 e. The van der Waals surface area contributed by atoms with Crippen molar-refractivity contribution in [1.29, 1.82) is 0 Å². The number of carbonyl (C=O) groups is 2. The van der Waals surface area contributed by atoms with Crippen molar-refractivity contribution in [3.8, 4) is 0 Å². The van der Waals surface area contributed by atoms with E-state index in [2.05, 4.69) is 34.3 Å². The fourth-order valence-corrected chi connectivity index (χ4v) is 3.63. The van der Waals surface area contributed by atoms with Crippen LogP contribution in [0.4, 0.5) is 17.1 Å². The average Bonchev–Trinajstić information content (AvgIpc) is 2.97. The molecule has 1 atom stereocenters. The van der Waals surface area contributed by atoms with Crippen LogP contribution in [0.1, 0.15) is 6.42 Å². The van der Waals surface area contributed by atoms with Gasteiger partial charge in [-0.1, -0.05) is 18.2 Å². The van der Waals surface area contributed by atoms with Gasteiger partial charge in [-0.2, -0.15) is 0 Å². The van der Waals surface area contributed by atoms with E-state index >= 15 is 0 Å². The van der Waals surface area contributed by atoms with Crippen molar-refractivity contribution in [2.45, 2.75) is 12.5 Å². The molecule has 140 valence electrons. The lowest BCUT2D eigenvalue weighted by atomic mass is 10.2. The van der Waals surface area contributed by atoms with Crippen molar-refractivity contribution < 1.29 is 9.59 Å². The number of likely N-dealkylation sites (N-methyl/N-ethyl adjacent to an activating group) is 1. The maximum Gasteiger partial charge on any atom is 0.256 e. The maximum absolute atomic E-state index is 12.7. The second kappa shape index (κ2) is 7.40. The highest BCUT2D eigenvalue weighted by Crippen LogP contribution is 2.26. The zero-order valence-electron chi connectivity index (χ0n) is 15.5. The van der Waals surface area contributed by atoms with Gasteiger partial charge in [-0.3, -0.25) is 9.59 Å². The molecule has 6 nitrogen and oxygen atoms in total. The summed E-state index contributed by atoms with van der Waals surface area (Å²) in [7, 11) is 2.14. The number of rotatable bonds is 4. The van der Waals surface area contributed by atoms with Gasteiger partial charge in [0.1, 0.15) is 6.04 Å². The molecule has 27 heavy (non-hydrogen) atoms. The molecule has 0 spiro atoms. The summed E-state index contributed by atoms with van der Waals surface area (Å²) >= 11 is 0.